The first kappa shape index (κ1) is 19.4. The van der Waals surface area contributed by atoms with Crippen LogP contribution in [0.25, 0.3) is 0 Å². The van der Waals surface area contributed by atoms with Crippen LogP contribution in [0, 0.1) is 5.82 Å². The van der Waals surface area contributed by atoms with Crippen LogP contribution in [0.5, 0.6) is 0 Å². The van der Waals surface area contributed by atoms with E-state index in [4.69, 9.17) is 10.5 Å². The summed E-state index contributed by atoms with van der Waals surface area (Å²) in [6.45, 7) is 0.841. The van der Waals surface area contributed by atoms with Crippen molar-refractivity contribution in [2.75, 3.05) is 25.0 Å². The van der Waals surface area contributed by atoms with Gasteiger partial charge in [0.05, 0.1) is 12.2 Å². The molecule has 3 rings (SSSR count). The Kier molecular flexibility index (Phi) is 5.51. The van der Waals surface area contributed by atoms with Gasteiger partial charge in [-0.3, -0.25) is 9.59 Å². The minimum Gasteiger partial charge on any atom is -0.366 e. The zero-order chi connectivity index (χ0) is 19.6. The molecule has 1 aliphatic heterocycles. The number of carbonyl (C=O) groups is 2. The predicted molar refractivity (Wildman–Crippen MR) is 94.8 cm³/mol. The van der Waals surface area contributed by atoms with Crippen molar-refractivity contribution in [2.45, 2.75) is 9.65 Å². The molecule has 12 heteroatoms. The molecule has 0 aromatic carbocycles. The SMILES string of the molecule is NC(=O)c1cc(S(=O)(=O)C2CNCCO2)sc1NC(=O)c1ncccc1F. The summed E-state index contributed by atoms with van der Waals surface area (Å²) in [5, 5.41) is 5.09. The number of halogens is 1. The fraction of sp³-hybridized carbons (Fsp3) is 0.267. The topological polar surface area (TPSA) is 140 Å². The van der Waals surface area contributed by atoms with Crippen LogP contribution in [0.15, 0.2) is 28.6 Å². The van der Waals surface area contributed by atoms with Gasteiger partial charge < -0.3 is 21.1 Å². The van der Waals surface area contributed by atoms with Crippen molar-refractivity contribution in [1.29, 1.82) is 0 Å². The number of carbonyl (C=O) groups excluding carboxylic acids is 2. The lowest BCUT2D eigenvalue weighted by Gasteiger charge is -2.22. The third-order valence-electron chi connectivity index (χ3n) is 3.70. The highest BCUT2D eigenvalue weighted by molar-refractivity contribution is 7.94. The van der Waals surface area contributed by atoms with Gasteiger partial charge in [0.25, 0.3) is 11.8 Å². The summed E-state index contributed by atoms with van der Waals surface area (Å²) < 4.78 is 44.2. The van der Waals surface area contributed by atoms with Crippen LogP contribution in [-0.4, -0.2) is 50.3 Å². The number of anilines is 1. The van der Waals surface area contributed by atoms with Gasteiger partial charge in [-0.25, -0.2) is 17.8 Å². The zero-order valence-corrected chi connectivity index (χ0v) is 15.4. The first-order chi connectivity index (χ1) is 12.8. The molecule has 3 heterocycles. The van der Waals surface area contributed by atoms with Crippen LogP contribution in [0.2, 0.25) is 0 Å². The Bertz CT molecular complexity index is 986. The predicted octanol–water partition coefficient (Wildman–Crippen LogP) is 0.353. The van der Waals surface area contributed by atoms with Gasteiger partial charge in [0.1, 0.15) is 9.21 Å². The minimum absolute atomic E-state index is 0.0903. The molecule has 144 valence electrons. The molecule has 0 spiro atoms. The third kappa shape index (κ3) is 3.98. The first-order valence-corrected chi connectivity index (χ1v) is 10.1. The molecular weight excluding hydrogens is 399 g/mol. The molecule has 1 saturated heterocycles. The third-order valence-corrected chi connectivity index (χ3v) is 7.16. The zero-order valence-electron chi connectivity index (χ0n) is 13.8. The monoisotopic (exact) mass is 414 g/mol. The Morgan fingerprint density at radius 3 is 2.85 bits per heavy atom. The second kappa shape index (κ2) is 7.68. The molecule has 2 aromatic rings. The standard InChI is InChI=1S/C15H15FN4O5S2/c16-9-2-1-3-19-12(9)14(22)20-15-8(13(17)21)6-11(26-15)27(23,24)10-7-18-4-5-25-10/h1-3,6,10,18H,4-5,7H2,(H2,17,21)(H,20,22). The summed E-state index contributed by atoms with van der Waals surface area (Å²) in [5.41, 5.74) is 3.46. The Hall–Kier alpha value is -2.41. The summed E-state index contributed by atoms with van der Waals surface area (Å²) in [6, 6.07) is 3.44. The van der Waals surface area contributed by atoms with Gasteiger partial charge in [-0.15, -0.1) is 11.3 Å². The molecule has 1 fully saturated rings. The maximum atomic E-state index is 13.7. The van der Waals surface area contributed by atoms with E-state index in [1.165, 1.54) is 12.3 Å². The Labute approximate surface area is 157 Å². The van der Waals surface area contributed by atoms with Crippen LogP contribution in [0.1, 0.15) is 20.8 Å². The number of hydrogen-bond acceptors (Lipinski definition) is 8. The molecule has 2 aromatic heterocycles. The number of nitrogens with two attached hydrogens (primary N) is 1. The van der Waals surface area contributed by atoms with E-state index in [2.05, 4.69) is 15.6 Å². The van der Waals surface area contributed by atoms with Crippen LogP contribution in [0.4, 0.5) is 9.39 Å². The molecule has 1 aliphatic rings. The van der Waals surface area contributed by atoms with Gasteiger partial charge in [-0.05, 0) is 18.2 Å². The van der Waals surface area contributed by atoms with Gasteiger partial charge in [-0.1, -0.05) is 0 Å². The van der Waals surface area contributed by atoms with E-state index in [0.717, 1.165) is 12.1 Å². The molecule has 9 nitrogen and oxygen atoms in total. The fourth-order valence-corrected chi connectivity index (χ4v) is 5.35. The van der Waals surface area contributed by atoms with Gasteiger partial charge in [0, 0.05) is 19.3 Å². The van der Waals surface area contributed by atoms with E-state index in [1.807, 2.05) is 0 Å². The molecule has 1 unspecified atom stereocenters. The highest BCUT2D eigenvalue weighted by atomic mass is 32.2. The van der Waals surface area contributed by atoms with Gasteiger partial charge >= 0.3 is 0 Å². The lowest BCUT2D eigenvalue weighted by Crippen LogP contribution is -2.42. The molecule has 1 atom stereocenters. The van der Waals surface area contributed by atoms with E-state index >= 15 is 0 Å². The molecule has 0 saturated carbocycles. The number of nitrogens with zero attached hydrogens (tertiary/aromatic N) is 1. The number of ether oxygens (including phenoxy) is 1. The summed E-state index contributed by atoms with van der Waals surface area (Å²) in [6.07, 6.45) is 1.23. The number of morpholine rings is 1. The lowest BCUT2D eigenvalue weighted by atomic mass is 10.3. The number of primary amides is 1. The number of thiophene rings is 1. The Balaban J connectivity index is 1.93. The summed E-state index contributed by atoms with van der Waals surface area (Å²) in [5.74, 6) is -2.73. The Morgan fingerprint density at radius 2 is 2.22 bits per heavy atom. The van der Waals surface area contributed by atoms with Crippen molar-refractivity contribution in [2.24, 2.45) is 5.73 Å². The number of rotatable bonds is 5. The highest BCUT2D eigenvalue weighted by Gasteiger charge is 2.33. The molecule has 27 heavy (non-hydrogen) atoms. The number of sulfone groups is 1. The first-order valence-electron chi connectivity index (χ1n) is 7.72. The normalized spacial score (nSPS) is 17.4. The number of nitrogens with one attached hydrogen (secondary N) is 2. The molecule has 4 N–H and O–H groups in total. The lowest BCUT2D eigenvalue weighted by molar-refractivity contribution is 0.0786. The summed E-state index contributed by atoms with van der Waals surface area (Å²) >= 11 is 0.639. The molecule has 0 radical (unpaired) electrons. The minimum atomic E-state index is -3.92. The van der Waals surface area contributed by atoms with Crippen LogP contribution in [-0.2, 0) is 14.6 Å². The smallest absolute Gasteiger partial charge is 0.277 e. The second-order valence-electron chi connectivity index (χ2n) is 5.51. The number of pyridine rings is 1. The van der Waals surface area contributed by atoms with Crippen molar-refractivity contribution in [3.63, 3.8) is 0 Å². The van der Waals surface area contributed by atoms with Crippen molar-refractivity contribution >= 4 is 38.0 Å². The van der Waals surface area contributed by atoms with Crippen molar-refractivity contribution in [3.8, 4) is 0 Å². The highest BCUT2D eigenvalue weighted by Crippen LogP contribution is 2.34. The number of hydrogen-bond donors (Lipinski definition) is 3. The van der Waals surface area contributed by atoms with Gasteiger partial charge in [0.15, 0.2) is 16.9 Å². The average Bonchev–Trinajstić information content (AvgIpc) is 3.07. The maximum Gasteiger partial charge on any atom is 0.277 e. The largest absolute Gasteiger partial charge is 0.366 e. The molecule has 0 aliphatic carbocycles. The average molecular weight is 414 g/mol. The van der Waals surface area contributed by atoms with Crippen LogP contribution >= 0.6 is 11.3 Å². The van der Waals surface area contributed by atoms with Crippen molar-refractivity contribution < 1.29 is 27.1 Å². The van der Waals surface area contributed by atoms with E-state index < -0.39 is 38.6 Å². The summed E-state index contributed by atoms with van der Waals surface area (Å²) in [4.78, 5) is 27.5. The van der Waals surface area contributed by atoms with E-state index in [1.54, 1.807) is 0 Å². The quantitative estimate of drug-likeness (QED) is 0.641. The molecule has 2 amide bonds. The van der Waals surface area contributed by atoms with Crippen molar-refractivity contribution in [3.05, 3.63) is 41.5 Å². The van der Waals surface area contributed by atoms with E-state index in [0.29, 0.717) is 17.9 Å². The maximum absolute atomic E-state index is 13.7. The fourth-order valence-electron chi connectivity index (χ4n) is 2.37. The molecular formula is C15H15FN4O5S2. The number of aromatic nitrogens is 1. The second-order valence-corrected chi connectivity index (χ2v) is 8.88. The van der Waals surface area contributed by atoms with Gasteiger partial charge in [-0.2, -0.15) is 0 Å². The number of amides is 2. The van der Waals surface area contributed by atoms with Crippen LogP contribution < -0.4 is 16.4 Å². The molecule has 0 bridgehead atoms. The summed E-state index contributed by atoms with van der Waals surface area (Å²) in [7, 11) is -3.92. The van der Waals surface area contributed by atoms with Crippen molar-refractivity contribution in [1.82, 2.24) is 10.3 Å². The van der Waals surface area contributed by atoms with Gasteiger partial charge in [0.2, 0.25) is 9.84 Å². The van der Waals surface area contributed by atoms with Crippen LogP contribution in [0.3, 0.4) is 0 Å². The van der Waals surface area contributed by atoms with E-state index in [-0.39, 0.29) is 27.9 Å². The van der Waals surface area contributed by atoms with E-state index in [9.17, 15) is 22.4 Å². The Morgan fingerprint density at radius 1 is 1.44 bits per heavy atom.